The van der Waals surface area contributed by atoms with Gasteiger partial charge in [-0.3, -0.25) is 0 Å². The first-order valence-electron chi connectivity index (χ1n) is 5.43. The molecule has 0 spiro atoms. The Bertz CT molecular complexity index is 439. The molecular formula is C11H11Cl2F3N2. The van der Waals surface area contributed by atoms with E-state index in [2.05, 4.69) is 10.3 Å². The van der Waals surface area contributed by atoms with Gasteiger partial charge in [-0.2, -0.15) is 13.2 Å². The van der Waals surface area contributed by atoms with Crippen molar-refractivity contribution in [1.82, 2.24) is 4.98 Å². The standard InChI is InChI=1S/C11H11Cl2F3N2/c12-6-10(2-1-3-10)18-9-8(13)4-7(5-17-9)11(14,15)16/h4-5H,1-3,6H2,(H,17,18). The van der Waals surface area contributed by atoms with Crippen LogP contribution in [-0.4, -0.2) is 16.4 Å². The largest absolute Gasteiger partial charge is 0.417 e. The van der Waals surface area contributed by atoms with E-state index in [9.17, 15) is 13.2 Å². The quantitative estimate of drug-likeness (QED) is 0.840. The zero-order valence-corrected chi connectivity index (χ0v) is 10.8. The van der Waals surface area contributed by atoms with E-state index >= 15 is 0 Å². The second-order valence-electron chi connectivity index (χ2n) is 4.44. The molecule has 0 aliphatic heterocycles. The van der Waals surface area contributed by atoms with E-state index < -0.39 is 11.7 Å². The van der Waals surface area contributed by atoms with Crippen molar-refractivity contribution in [1.29, 1.82) is 0 Å². The summed E-state index contributed by atoms with van der Waals surface area (Å²) < 4.78 is 37.3. The lowest BCUT2D eigenvalue weighted by Crippen LogP contribution is -2.47. The van der Waals surface area contributed by atoms with Crippen molar-refractivity contribution >= 4 is 29.0 Å². The highest BCUT2D eigenvalue weighted by molar-refractivity contribution is 6.33. The number of pyridine rings is 1. The summed E-state index contributed by atoms with van der Waals surface area (Å²) in [7, 11) is 0. The zero-order valence-electron chi connectivity index (χ0n) is 9.32. The van der Waals surface area contributed by atoms with Crippen LogP contribution in [0.4, 0.5) is 19.0 Å². The van der Waals surface area contributed by atoms with Gasteiger partial charge >= 0.3 is 6.18 Å². The Balaban J connectivity index is 2.20. The van der Waals surface area contributed by atoms with Crippen LogP contribution in [0.25, 0.3) is 0 Å². The van der Waals surface area contributed by atoms with Gasteiger partial charge in [0.15, 0.2) is 0 Å². The van der Waals surface area contributed by atoms with E-state index in [1.165, 1.54) is 0 Å². The first-order valence-corrected chi connectivity index (χ1v) is 6.34. The first kappa shape index (κ1) is 13.7. The van der Waals surface area contributed by atoms with Gasteiger partial charge in [-0.15, -0.1) is 11.6 Å². The molecule has 0 bridgehead atoms. The average molecular weight is 299 g/mol. The Morgan fingerprint density at radius 2 is 2.06 bits per heavy atom. The molecule has 1 saturated carbocycles. The summed E-state index contributed by atoms with van der Waals surface area (Å²) in [6.45, 7) is 0. The Hall–Kier alpha value is -0.680. The molecule has 18 heavy (non-hydrogen) atoms. The fourth-order valence-corrected chi connectivity index (χ4v) is 2.38. The molecular weight excluding hydrogens is 288 g/mol. The summed E-state index contributed by atoms with van der Waals surface area (Å²) >= 11 is 11.7. The van der Waals surface area contributed by atoms with Crippen LogP contribution in [0.15, 0.2) is 12.3 Å². The average Bonchev–Trinajstić information content (AvgIpc) is 2.24. The summed E-state index contributed by atoms with van der Waals surface area (Å²) in [5.74, 6) is 0.636. The Morgan fingerprint density at radius 3 is 2.44 bits per heavy atom. The second kappa shape index (κ2) is 4.78. The molecule has 1 heterocycles. The highest BCUT2D eigenvalue weighted by atomic mass is 35.5. The van der Waals surface area contributed by atoms with Crippen LogP contribution in [0.1, 0.15) is 24.8 Å². The lowest BCUT2D eigenvalue weighted by molar-refractivity contribution is -0.137. The molecule has 1 N–H and O–H groups in total. The topological polar surface area (TPSA) is 24.9 Å². The minimum atomic E-state index is -4.43. The predicted octanol–water partition coefficient (Wildman–Crippen LogP) is 4.33. The van der Waals surface area contributed by atoms with Gasteiger partial charge in [0, 0.05) is 12.1 Å². The SMILES string of the molecule is FC(F)(F)c1cnc(NC2(CCl)CCC2)c(Cl)c1. The molecule has 7 heteroatoms. The summed E-state index contributed by atoms with van der Waals surface area (Å²) in [5, 5.41) is 3.01. The van der Waals surface area contributed by atoms with E-state index in [-0.39, 0.29) is 16.4 Å². The van der Waals surface area contributed by atoms with Gasteiger partial charge in [0.05, 0.1) is 16.1 Å². The normalized spacial score (nSPS) is 18.3. The molecule has 0 amide bonds. The number of aromatic nitrogens is 1. The molecule has 2 rings (SSSR count). The Kier molecular flexibility index (Phi) is 3.65. The molecule has 1 fully saturated rings. The highest BCUT2D eigenvalue weighted by Gasteiger charge is 2.37. The number of rotatable bonds is 3. The predicted molar refractivity (Wildman–Crippen MR) is 65.2 cm³/mol. The number of halogens is 5. The molecule has 0 radical (unpaired) electrons. The van der Waals surface area contributed by atoms with Crippen LogP contribution in [0.2, 0.25) is 5.02 Å². The maximum atomic E-state index is 12.4. The third kappa shape index (κ3) is 2.67. The molecule has 0 aromatic carbocycles. The molecule has 100 valence electrons. The number of hydrogen-bond acceptors (Lipinski definition) is 2. The number of alkyl halides is 4. The van der Waals surface area contributed by atoms with Crippen molar-refractivity contribution in [3.8, 4) is 0 Å². The van der Waals surface area contributed by atoms with Gasteiger partial charge in [0.1, 0.15) is 5.82 Å². The van der Waals surface area contributed by atoms with Crippen LogP contribution in [0.5, 0.6) is 0 Å². The van der Waals surface area contributed by atoms with Crippen LogP contribution >= 0.6 is 23.2 Å². The van der Waals surface area contributed by atoms with Crippen LogP contribution in [0, 0.1) is 0 Å². The number of hydrogen-bond donors (Lipinski definition) is 1. The van der Waals surface area contributed by atoms with Gasteiger partial charge in [-0.1, -0.05) is 11.6 Å². The van der Waals surface area contributed by atoms with E-state index in [0.717, 1.165) is 31.5 Å². The van der Waals surface area contributed by atoms with E-state index in [1.807, 2.05) is 0 Å². The number of nitrogens with zero attached hydrogens (tertiary/aromatic N) is 1. The third-order valence-corrected chi connectivity index (χ3v) is 3.92. The monoisotopic (exact) mass is 298 g/mol. The van der Waals surface area contributed by atoms with Crippen molar-refractivity contribution < 1.29 is 13.2 Å². The van der Waals surface area contributed by atoms with E-state index in [0.29, 0.717) is 5.88 Å². The van der Waals surface area contributed by atoms with E-state index in [4.69, 9.17) is 23.2 Å². The molecule has 0 saturated heterocycles. The van der Waals surface area contributed by atoms with Gasteiger partial charge in [0.2, 0.25) is 0 Å². The van der Waals surface area contributed by atoms with Crippen molar-refractivity contribution in [3.05, 3.63) is 22.8 Å². The maximum Gasteiger partial charge on any atom is 0.417 e. The molecule has 0 atom stereocenters. The van der Waals surface area contributed by atoms with E-state index in [1.54, 1.807) is 0 Å². The van der Waals surface area contributed by atoms with Crippen LogP contribution in [0.3, 0.4) is 0 Å². The van der Waals surface area contributed by atoms with Crippen LogP contribution in [-0.2, 0) is 6.18 Å². The Labute approximate surface area is 112 Å². The number of nitrogens with one attached hydrogen (secondary N) is 1. The molecule has 1 aliphatic carbocycles. The Morgan fingerprint density at radius 1 is 1.39 bits per heavy atom. The molecule has 0 unspecified atom stereocenters. The van der Waals surface area contributed by atoms with Crippen molar-refractivity contribution in [2.24, 2.45) is 0 Å². The minimum absolute atomic E-state index is 0.0405. The molecule has 1 aromatic heterocycles. The molecule has 2 nitrogen and oxygen atoms in total. The summed E-state index contributed by atoms with van der Waals surface area (Å²) in [4.78, 5) is 3.74. The summed E-state index contributed by atoms with van der Waals surface area (Å²) in [5.41, 5.74) is -1.13. The van der Waals surface area contributed by atoms with Gasteiger partial charge in [-0.05, 0) is 25.3 Å². The zero-order chi connectivity index (χ0) is 13.4. The second-order valence-corrected chi connectivity index (χ2v) is 5.12. The van der Waals surface area contributed by atoms with Gasteiger partial charge in [0.25, 0.3) is 0 Å². The fraction of sp³-hybridized carbons (Fsp3) is 0.545. The maximum absolute atomic E-state index is 12.4. The minimum Gasteiger partial charge on any atom is -0.362 e. The van der Waals surface area contributed by atoms with Crippen molar-refractivity contribution in [2.45, 2.75) is 31.0 Å². The molecule has 1 aliphatic rings. The summed E-state index contributed by atoms with van der Waals surface area (Å²) in [6.07, 6.45) is -0.881. The lowest BCUT2D eigenvalue weighted by Gasteiger charge is -2.41. The summed E-state index contributed by atoms with van der Waals surface area (Å²) in [6, 6.07) is 0.873. The van der Waals surface area contributed by atoms with Gasteiger partial charge in [-0.25, -0.2) is 4.98 Å². The van der Waals surface area contributed by atoms with Crippen LogP contribution < -0.4 is 5.32 Å². The smallest absolute Gasteiger partial charge is 0.362 e. The highest BCUT2D eigenvalue weighted by Crippen LogP contribution is 2.38. The van der Waals surface area contributed by atoms with Crippen molar-refractivity contribution in [2.75, 3.05) is 11.2 Å². The molecule has 1 aromatic rings. The first-order chi connectivity index (χ1) is 8.36. The lowest BCUT2D eigenvalue weighted by atomic mass is 9.78. The number of anilines is 1. The van der Waals surface area contributed by atoms with Crippen molar-refractivity contribution in [3.63, 3.8) is 0 Å². The fourth-order valence-electron chi connectivity index (χ4n) is 1.83. The van der Waals surface area contributed by atoms with Gasteiger partial charge < -0.3 is 5.32 Å². The third-order valence-electron chi connectivity index (χ3n) is 3.12.